The summed E-state index contributed by atoms with van der Waals surface area (Å²) in [6.45, 7) is 11.4. The second kappa shape index (κ2) is 7.98. The topological polar surface area (TPSA) is 18.5 Å². The van der Waals surface area contributed by atoms with E-state index < -0.39 is 0 Å². The number of aryl methyl sites for hydroxylation is 3. The SMILES string of the molecule is Cc1cccc(CN2CCN(C(=S)Nc3cc(C)ccc3C)CC2)c1. The lowest BCUT2D eigenvalue weighted by molar-refractivity contribution is 0.177. The molecular formula is C21H27N3S. The van der Waals surface area contributed by atoms with E-state index >= 15 is 0 Å². The van der Waals surface area contributed by atoms with Gasteiger partial charge in [0.05, 0.1) is 0 Å². The van der Waals surface area contributed by atoms with Crippen LogP contribution < -0.4 is 5.32 Å². The largest absolute Gasteiger partial charge is 0.346 e. The summed E-state index contributed by atoms with van der Waals surface area (Å²) in [5, 5.41) is 4.27. The van der Waals surface area contributed by atoms with Crippen molar-refractivity contribution in [2.45, 2.75) is 27.3 Å². The van der Waals surface area contributed by atoms with Crippen LogP contribution in [0.4, 0.5) is 5.69 Å². The molecule has 0 saturated carbocycles. The van der Waals surface area contributed by atoms with E-state index in [4.69, 9.17) is 12.2 Å². The number of anilines is 1. The zero-order valence-electron chi connectivity index (χ0n) is 15.4. The minimum absolute atomic E-state index is 0.837. The lowest BCUT2D eigenvalue weighted by Gasteiger charge is -2.36. The summed E-state index contributed by atoms with van der Waals surface area (Å²) in [6, 6.07) is 15.2. The van der Waals surface area contributed by atoms with Gasteiger partial charge in [0.2, 0.25) is 0 Å². The Balaban J connectivity index is 1.53. The maximum absolute atomic E-state index is 5.64. The Kier molecular flexibility index (Phi) is 5.71. The third-order valence-corrected chi connectivity index (χ3v) is 5.14. The number of thiocarbonyl (C=S) groups is 1. The number of piperazine rings is 1. The van der Waals surface area contributed by atoms with Crippen LogP contribution in [0, 0.1) is 20.8 Å². The van der Waals surface area contributed by atoms with Crippen LogP contribution in [0.15, 0.2) is 42.5 Å². The highest BCUT2D eigenvalue weighted by Gasteiger charge is 2.19. The summed E-state index contributed by atoms with van der Waals surface area (Å²) in [6.07, 6.45) is 0. The predicted molar refractivity (Wildman–Crippen MR) is 110 cm³/mol. The number of nitrogens with zero attached hydrogens (tertiary/aromatic N) is 2. The first-order valence-electron chi connectivity index (χ1n) is 8.92. The highest BCUT2D eigenvalue weighted by atomic mass is 32.1. The van der Waals surface area contributed by atoms with Gasteiger partial charge in [0.1, 0.15) is 0 Å². The van der Waals surface area contributed by atoms with Crippen molar-refractivity contribution in [1.82, 2.24) is 9.80 Å². The number of rotatable bonds is 3. The molecule has 3 nitrogen and oxygen atoms in total. The summed E-state index contributed by atoms with van der Waals surface area (Å²) in [5.74, 6) is 0. The van der Waals surface area contributed by atoms with Gasteiger partial charge in [-0.05, 0) is 55.7 Å². The van der Waals surface area contributed by atoms with Crippen LogP contribution in [0.25, 0.3) is 0 Å². The van der Waals surface area contributed by atoms with Gasteiger partial charge in [-0.3, -0.25) is 4.90 Å². The Morgan fingerprint density at radius 2 is 1.68 bits per heavy atom. The standard InChI is InChI=1S/C21H27N3S/c1-16-5-4-6-19(13-16)15-23-9-11-24(12-10-23)21(25)22-20-14-17(2)7-8-18(20)3/h4-8,13-14H,9-12,15H2,1-3H3,(H,22,25). The van der Waals surface area contributed by atoms with Crippen molar-refractivity contribution in [3.05, 3.63) is 64.7 Å². The van der Waals surface area contributed by atoms with Gasteiger partial charge in [-0.2, -0.15) is 0 Å². The van der Waals surface area contributed by atoms with Gasteiger partial charge in [-0.15, -0.1) is 0 Å². The Bertz CT molecular complexity index is 749. The molecule has 0 spiro atoms. The maximum atomic E-state index is 5.64. The predicted octanol–water partition coefficient (Wildman–Crippen LogP) is 4.13. The fraction of sp³-hybridized carbons (Fsp3) is 0.381. The number of hydrogen-bond donors (Lipinski definition) is 1. The van der Waals surface area contributed by atoms with Crippen LogP contribution in [0.3, 0.4) is 0 Å². The van der Waals surface area contributed by atoms with Crippen molar-refractivity contribution in [3.63, 3.8) is 0 Å². The molecule has 1 saturated heterocycles. The fourth-order valence-corrected chi connectivity index (χ4v) is 3.54. The quantitative estimate of drug-likeness (QED) is 0.836. The number of benzene rings is 2. The fourth-order valence-electron chi connectivity index (χ4n) is 3.24. The van der Waals surface area contributed by atoms with E-state index in [9.17, 15) is 0 Å². The van der Waals surface area contributed by atoms with Crippen LogP contribution in [0.5, 0.6) is 0 Å². The van der Waals surface area contributed by atoms with Crippen molar-refractivity contribution in [3.8, 4) is 0 Å². The third-order valence-electron chi connectivity index (χ3n) is 4.78. The molecule has 3 rings (SSSR count). The molecule has 25 heavy (non-hydrogen) atoms. The maximum Gasteiger partial charge on any atom is 0.173 e. The van der Waals surface area contributed by atoms with E-state index in [1.54, 1.807) is 0 Å². The highest BCUT2D eigenvalue weighted by Crippen LogP contribution is 2.18. The molecule has 132 valence electrons. The zero-order chi connectivity index (χ0) is 17.8. The molecule has 4 heteroatoms. The smallest absolute Gasteiger partial charge is 0.173 e. The van der Waals surface area contributed by atoms with Crippen LogP contribution in [0.2, 0.25) is 0 Å². The Hall–Kier alpha value is -1.91. The van der Waals surface area contributed by atoms with Crippen LogP contribution in [-0.4, -0.2) is 41.1 Å². The second-order valence-corrected chi connectivity index (χ2v) is 7.39. The molecule has 1 aliphatic heterocycles. The molecule has 0 aromatic heterocycles. The Morgan fingerprint density at radius 3 is 2.40 bits per heavy atom. The van der Waals surface area contributed by atoms with Gasteiger partial charge in [0.25, 0.3) is 0 Å². The molecule has 1 N–H and O–H groups in total. The first-order chi connectivity index (χ1) is 12.0. The van der Waals surface area contributed by atoms with Gasteiger partial charge in [0, 0.05) is 38.4 Å². The Morgan fingerprint density at radius 1 is 0.960 bits per heavy atom. The van der Waals surface area contributed by atoms with Crippen molar-refractivity contribution >= 4 is 23.0 Å². The van der Waals surface area contributed by atoms with E-state index in [1.165, 1.54) is 22.3 Å². The monoisotopic (exact) mass is 353 g/mol. The molecule has 0 atom stereocenters. The van der Waals surface area contributed by atoms with Crippen molar-refractivity contribution in [2.75, 3.05) is 31.5 Å². The minimum atomic E-state index is 0.837. The molecule has 1 fully saturated rings. The Labute approximate surface area is 156 Å². The summed E-state index contributed by atoms with van der Waals surface area (Å²) in [7, 11) is 0. The van der Waals surface area contributed by atoms with Gasteiger partial charge in [-0.1, -0.05) is 42.0 Å². The van der Waals surface area contributed by atoms with Crippen molar-refractivity contribution in [2.24, 2.45) is 0 Å². The van der Waals surface area contributed by atoms with Crippen LogP contribution in [0.1, 0.15) is 22.3 Å². The molecule has 0 aliphatic carbocycles. The summed E-state index contributed by atoms with van der Waals surface area (Å²) < 4.78 is 0. The second-order valence-electron chi connectivity index (χ2n) is 7.00. The van der Waals surface area contributed by atoms with E-state index in [1.807, 2.05) is 0 Å². The van der Waals surface area contributed by atoms with Gasteiger partial charge >= 0.3 is 0 Å². The molecule has 0 amide bonds. The van der Waals surface area contributed by atoms with Crippen LogP contribution in [-0.2, 0) is 6.54 Å². The summed E-state index contributed by atoms with van der Waals surface area (Å²) in [5.41, 5.74) is 6.32. The van der Waals surface area contributed by atoms with E-state index in [2.05, 4.69) is 78.4 Å². The highest BCUT2D eigenvalue weighted by molar-refractivity contribution is 7.80. The molecule has 2 aromatic carbocycles. The lowest BCUT2D eigenvalue weighted by Crippen LogP contribution is -2.49. The first-order valence-corrected chi connectivity index (χ1v) is 9.33. The van der Waals surface area contributed by atoms with E-state index in [0.717, 1.165) is 43.5 Å². The van der Waals surface area contributed by atoms with E-state index in [0.29, 0.717) is 0 Å². The average molecular weight is 354 g/mol. The molecule has 0 unspecified atom stereocenters. The normalized spacial score (nSPS) is 15.2. The van der Waals surface area contributed by atoms with Crippen molar-refractivity contribution < 1.29 is 0 Å². The van der Waals surface area contributed by atoms with Gasteiger partial charge in [-0.25, -0.2) is 0 Å². The van der Waals surface area contributed by atoms with E-state index in [-0.39, 0.29) is 0 Å². The van der Waals surface area contributed by atoms with Crippen molar-refractivity contribution in [1.29, 1.82) is 0 Å². The lowest BCUT2D eigenvalue weighted by atomic mass is 10.1. The number of hydrogen-bond acceptors (Lipinski definition) is 2. The van der Waals surface area contributed by atoms with Crippen LogP contribution >= 0.6 is 12.2 Å². The molecule has 1 aliphatic rings. The van der Waals surface area contributed by atoms with Gasteiger partial charge < -0.3 is 10.2 Å². The zero-order valence-corrected chi connectivity index (χ0v) is 16.2. The number of nitrogens with one attached hydrogen (secondary N) is 1. The minimum Gasteiger partial charge on any atom is -0.346 e. The molecule has 1 heterocycles. The molecule has 0 bridgehead atoms. The average Bonchev–Trinajstić information content (AvgIpc) is 2.59. The summed E-state index contributed by atoms with van der Waals surface area (Å²) in [4.78, 5) is 4.79. The molecular weight excluding hydrogens is 326 g/mol. The molecule has 0 radical (unpaired) electrons. The summed E-state index contributed by atoms with van der Waals surface area (Å²) >= 11 is 5.64. The van der Waals surface area contributed by atoms with Gasteiger partial charge in [0.15, 0.2) is 5.11 Å². The first kappa shape index (κ1) is 17.9. The molecule has 2 aromatic rings. The third kappa shape index (κ3) is 4.80.